The number of aromatic nitrogens is 2. The maximum Gasteiger partial charge on any atom is 0.269 e. The van der Waals surface area contributed by atoms with E-state index in [1.807, 2.05) is 11.9 Å². The molecule has 1 saturated heterocycles. The van der Waals surface area contributed by atoms with E-state index in [9.17, 15) is 14.9 Å². The number of non-ortho nitro benzene ring substituents is 1. The molecule has 1 N–H and O–H groups in total. The summed E-state index contributed by atoms with van der Waals surface area (Å²) in [6, 6.07) is 6.12. The van der Waals surface area contributed by atoms with Crippen molar-refractivity contribution >= 4 is 11.6 Å². The van der Waals surface area contributed by atoms with Crippen LogP contribution in [0.2, 0.25) is 0 Å². The number of hydrogen-bond acceptors (Lipinski definition) is 5. The number of benzene rings is 1. The number of carbonyl (C=O) groups is 1. The maximum absolute atomic E-state index is 12.9. The fourth-order valence-corrected chi connectivity index (χ4v) is 3.24. The van der Waals surface area contributed by atoms with Gasteiger partial charge < -0.3 is 10.2 Å². The Balaban J connectivity index is 1.86. The Labute approximate surface area is 145 Å². The number of carbonyl (C=O) groups excluding carboxylic acids is 1. The van der Waals surface area contributed by atoms with Crippen LogP contribution in [0.4, 0.5) is 5.69 Å². The van der Waals surface area contributed by atoms with E-state index < -0.39 is 4.92 Å². The van der Waals surface area contributed by atoms with Crippen molar-refractivity contribution in [1.29, 1.82) is 0 Å². The van der Waals surface area contributed by atoms with Crippen molar-refractivity contribution in [2.75, 3.05) is 26.7 Å². The van der Waals surface area contributed by atoms with Crippen molar-refractivity contribution in [2.45, 2.75) is 6.42 Å². The third kappa shape index (κ3) is 3.53. The summed E-state index contributed by atoms with van der Waals surface area (Å²) >= 11 is 0. The summed E-state index contributed by atoms with van der Waals surface area (Å²) in [5.74, 6) is 0.425. The molecule has 0 spiro atoms. The van der Waals surface area contributed by atoms with Gasteiger partial charge in [0, 0.05) is 44.0 Å². The second kappa shape index (κ2) is 7.02. The number of aryl methyl sites for hydroxylation is 1. The van der Waals surface area contributed by atoms with Crippen LogP contribution in [0.1, 0.15) is 16.8 Å². The van der Waals surface area contributed by atoms with Gasteiger partial charge in [0.2, 0.25) is 0 Å². The van der Waals surface area contributed by atoms with Crippen molar-refractivity contribution in [3.05, 3.63) is 46.1 Å². The molecule has 1 fully saturated rings. The number of nitrogens with zero attached hydrogens (tertiary/aromatic N) is 4. The van der Waals surface area contributed by atoms with Gasteiger partial charge in [0.15, 0.2) is 0 Å². The summed E-state index contributed by atoms with van der Waals surface area (Å²) in [5.41, 5.74) is 1.79. The van der Waals surface area contributed by atoms with E-state index in [-0.39, 0.29) is 11.6 Å². The second-order valence-electron chi connectivity index (χ2n) is 6.33. The number of nitrogens with one attached hydrogen (secondary N) is 1. The Bertz CT molecular complexity index is 784. The molecule has 1 aromatic heterocycles. The minimum absolute atomic E-state index is 0.0157. The zero-order valence-electron chi connectivity index (χ0n) is 14.3. The highest BCUT2D eigenvalue weighted by atomic mass is 16.6. The highest BCUT2D eigenvalue weighted by Gasteiger charge is 2.29. The molecule has 1 amide bonds. The summed E-state index contributed by atoms with van der Waals surface area (Å²) in [6.45, 7) is 2.36. The van der Waals surface area contributed by atoms with Gasteiger partial charge in [-0.1, -0.05) is 0 Å². The number of rotatable bonds is 5. The van der Waals surface area contributed by atoms with Gasteiger partial charge in [0.05, 0.1) is 10.5 Å². The second-order valence-corrected chi connectivity index (χ2v) is 6.33. The molecular formula is C17H21N5O3. The zero-order valence-corrected chi connectivity index (χ0v) is 14.3. The lowest BCUT2D eigenvalue weighted by Crippen LogP contribution is -2.30. The lowest BCUT2D eigenvalue weighted by atomic mass is 10.1. The molecule has 0 aliphatic carbocycles. The predicted molar refractivity (Wildman–Crippen MR) is 93.2 cm³/mol. The highest BCUT2D eigenvalue weighted by molar-refractivity contribution is 6.00. The van der Waals surface area contributed by atoms with Crippen molar-refractivity contribution in [3.63, 3.8) is 0 Å². The largest absolute Gasteiger partial charge is 0.338 e. The average molecular weight is 343 g/mol. The van der Waals surface area contributed by atoms with Gasteiger partial charge in [-0.3, -0.25) is 19.6 Å². The lowest BCUT2D eigenvalue weighted by Gasteiger charge is -2.16. The van der Waals surface area contributed by atoms with Crippen molar-refractivity contribution < 1.29 is 9.72 Å². The van der Waals surface area contributed by atoms with E-state index in [4.69, 9.17) is 0 Å². The molecule has 0 bridgehead atoms. The Hall–Kier alpha value is -2.74. The van der Waals surface area contributed by atoms with E-state index in [1.54, 1.807) is 30.1 Å². The molecule has 1 atom stereocenters. The number of nitro benzene ring substituents is 1. The van der Waals surface area contributed by atoms with Gasteiger partial charge in [-0.15, -0.1) is 0 Å². The molecular weight excluding hydrogens is 322 g/mol. The monoisotopic (exact) mass is 343 g/mol. The first-order valence-electron chi connectivity index (χ1n) is 8.22. The summed E-state index contributed by atoms with van der Waals surface area (Å²) < 4.78 is 1.60. The van der Waals surface area contributed by atoms with Gasteiger partial charge in [0.25, 0.3) is 11.6 Å². The van der Waals surface area contributed by atoms with Crippen LogP contribution < -0.4 is 5.32 Å². The molecule has 1 unspecified atom stereocenters. The zero-order chi connectivity index (χ0) is 18.0. The average Bonchev–Trinajstić information content (AvgIpc) is 3.21. The van der Waals surface area contributed by atoms with Crippen molar-refractivity contribution in [1.82, 2.24) is 20.0 Å². The molecule has 132 valence electrons. The predicted octanol–water partition coefficient (Wildman–Crippen LogP) is 1.68. The standard InChI is InChI=1S/C17H21N5O3/c1-18-9-12-7-8-21(10-12)17(23)15-11-20(2)19-16(15)13-3-5-14(6-4-13)22(24)25/h3-6,11-12,18H,7-10H2,1-2H3. The molecule has 8 heteroatoms. The maximum atomic E-state index is 12.9. The summed E-state index contributed by atoms with van der Waals surface area (Å²) in [5, 5.41) is 18.4. The van der Waals surface area contributed by atoms with Crippen molar-refractivity contribution in [3.8, 4) is 11.3 Å². The van der Waals surface area contributed by atoms with Crippen LogP contribution in [0.25, 0.3) is 11.3 Å². The van der Waals surface area contributed by atoms with Gasteiger partial charge in [-0.2, -0.15) is 5.10 Å². The normalized spacial score (nSPS) is 17.0. The quantitative estimate of drug-likeness (QED) is 0.658. The molecule has 8 nitrogen and oxygen atoms in total. The number of likely N-dealkylation sites (tertiary alicyclic amines) is 1. The minimum Gasteiger partial charge on any atom is -0.338 e. The molecule has 1 aliphatic rings. The van der Waals surface area contributed by atoms with Gasteiger partial charge in [0.1, 0.15) is 5.69 Å². The van der Waals surface area contributed by atoms with E-state index >= 15 is 0 Å². The fourth-order valence-electron chi connectivity index (χ4n) is 3.24. The highest BCUT2D eigenvalue weighted by Crippen LogP contribution is 2.27. The van der Waals surface area contributed by atoms with Crippen LogP contribution in [0.15, 0.2) is 30.5 Å². The van der Waals surface area contributed by atoms with Crippen LogP contribution in [0.5, 0.6) is 0 Å². The molecule has 2 heterocycles. The third-order valence-corrected chi connectivity index (χ3v) is 4.48. The molecule has 0 saturated carbocycles. The topological polar surface area (TPSA) is 93.3 Å². The van der Waals surface area contributed by atoms with E-state index in [1.165, 1.54) is 12.1 Å². The Morgan fingerprint density at radius 3 is 2.76 bits per heavy atom. The molecule has 25 heavy (non-hydrogen) atoms. The van der Waals surface area contributed by atoms with E-state index in [0.29, 0.717) is 22.7 Å². The van der Waals surface area contributed by atoms with Crippen LogP contribution in [0.3, 0.4) is 0 Å². The first-order chi connectivity index (χ1) is 12.0. The van der Waals surface area contributed by atoms with E-state index in [2.05, 4.69) is 10.4 Å². The summed E-state index contributed by atoms with van der Waals surface area (Å²) in [6.07, 6.45) is 2.70. The fraction of sp³-hybridized carbons (Fsp3) is 0.412. The minimum atomic E-state index is -0.444. The molecule has 1 aliphatic heterocycles. The van der Waals surface area contributed by atoms with Gasteiger partial charge in [-0.25, -0.2) is 0 Å². The van der Waals surface area contributed by atoms with Gasteiger partial charge >= 0.3 is 0 Å². The third-order valence-electron chi connectivity index (χ3n) is 4.48. The van der Waals surface area contributed by atoms with E-state index in [0.717, 1.165) is 26.1 Å². The number of amides is 1. The Kier molecular flexibility index (Phi) is 4.80. The van der Waals surface area contributed by atoms with Crippen LogP contribution >= 0.6 is 0 Å². The van der Waals surface area contributed by atoms with Crippen molar-refractivity contribution in [2.24, 2.45) is 13.0 Å². The number of nitro groups is 1. The first-order valence-corrected chi connectivity index (χ1v) is 8.22. The summed E-state index contributed by atoms with van der Waals surface area (Å²) in [7, 11) is 3.68. The van der Waals surface area contributed by atoms with Crippen LogP contribution in [-0.4, -0.2) is 52.2 Å². The Morgan fingerprint density at radius 2 is 2.12 bits per heavy atom. The molecule has 1 aromatic carbocycles. The van der Waals surface area contributed by atoms with Crippen LogP contribution in [0, 0.1) is 16.0 Å². The van der Waals surface area contributed by atoms with Gasteiger partial charge in [-0.05, 0) is 38.1 Å². The first kappa shape index (κ1) is 17.1. The number of hydrogen-bond donors (Lipinski definition) is 1. The SMILES string of the molecule is CNCC1CCN(C(=O)c2cn(C)nc2-c2ccc([N+](=O)[O-])cc2)C1. The lowest BCUT2D eigenvalue weighted by molar-refractivity contribution is -0.384. The summed E-state index contributed by atoms with van der Waals surface area (Å²) in [4.78, 5) is 25.1. The van der Waals surface area contributed by atoms with Crippen LogP contribution in [-0.2, 0) is 7.05 Å². The molecule has 3 rings (SSSR count). The molecule has 2 aromatic rings. The molecule has 0 radical (unpaired) electrons. The Morgan fingerprint density at radius 1 is 1.40 bits per heavy atom. The smallest absolute Gasteiger partial charge is 0.269 e.